The molecule has 0 aliphatic carbocycles. The minimum absolute atomic E-state index is 0.0664. The Morgan fingerprint density at radius 1 is 1.46 bits per heavy atom. The largest absolute Gasteiger partial charge is 0.489 e. The van der Waals surface area contributed by atoms with Gasteiger partial charge in [-0.2, -0.15) is 0 Å². The highest BCUT2D eigenvalue weighted by atomic mass is 19.1. The Balaban J connectivity index is 1.89. The number of benzene rings is 1. The first-order valence-electron chi connectivity index (χ1n) is 8.23. The van der Waals surface area contributed by atoms with E-state index in [-0.39, 0.29) is 18.2 Å². The van der Waals surface area contributed by atoms with E-state index in [1.807, 2.05) is 13.8 Å². The molecule has 7 heteroatoms. The van der Waals surface area contributed by atoms with Crippen LogP contribution in [0, 0.1) is 5.82 Å². The van der Waals surface area contributed by atoms with Gasteiger partial charge in [-0.05, 0) is 32.4 Å². The molecule has 0 bridgehead atoms. The first kappa shape index (κ1) is 18.5. The predicted octanol–water partition coefficient (Wildman–Crippen LogP) is 2.46. The summed E-state index contributed by atoms with van der Waals surface area (Å²) in [6.45, 7) is 7.00. The van der Waals surface area contributed by atoms with E-state index in [2.05, 4.69) is 15.5 Å². The van der Waals surface area contributed by atoms with Crippen LogP contribution in [0.3, 0.4) is 0 Å². The van der Waals surface area contributed by atoms with Gasteiger partial charge in [0.05, 0.1) is 18.4 Å². The molecule has 1 aliphatic rings. The summed E-state index contributed by atoms with van der Waals surface area (Å²) in [6, 6.07) is 3.81. The van der Waals surface area contributed by atoms with E-state index in [0.717, 1.165) is 26.1 Å². The number of methoxy groups -OCH3 is 1. The van der Waals surface area contributed by atoms with Gasteiger partial charge in [-0.1, -0.05) is 0 Å². The maximum atomic E-state index is 13.5. The van der Waals surface area contributed by atoms with Gasteiger partial charge < -0.3 is 20.1 Å². The van der Waals surface area contributed by atoms with E-state index in [1.165, 1.54) is 18.2 Å². The molecule has 1 fully saturated rings. The molecule has 1 aliphatic heterocycles. The van der Waals surface area contributed by atoms with Crippen molar-refractivity contribution in [3.05, 3.63) is 24.0 Å². The Labute approximate surface area is 142 Å². The molecule has 1 aromatic rings. The molecular weight excluding hydrogens is 313 g/mol. The van der Waals surface area contributed by atoms with Crippen LogP contribution in [0.15, 0.2) is 18.2 Å². The summed E-state index contributed by atoms with van der Waals surface area (Å²) in [5, 5.41) is 5.61. The van der Waals surface area contributed by atoms with Gasteiger partial charge in [0.15, 0.2) is 0 Å². The summed E-state index contributed by atoms with van der Waals surface area (Å²) in [6.07, 6.45) is 0.818. The second-order valence-corrected chi connectivity index (χ2v) is 6.18. The molecule has 1 saturated heterocycles. The second kappa shape index (κ2) is 8.84. The first-order chi connectivity index (χ1) is 11.5. The molecule has 1 atom stereocenters. The average Bonchev–Trinajstić information content (AvgIpc) is 2.95. The number of urea groups is 1. The molecule has 2 rings (SSSR count). The zero-order valence-electron chi connectivity index (χ0n) is 14.5. The molecule has 24 heavy (non-hydrogen) atoms. The molecule has 0 saturated carbocycles. The summed E-state index contributed by atoms with van der Waals surface area (Å²) in [5.74, 6) is 0.0303. The van der Waals surface area contributed by atoms with Crippen molar-refractivity contribution in [2.24, 2.45) is 0 Å². The summed E-state index contributed by atoms with van der Waals surface area (Å²) < 4.78 is 24.1. The van der Waals surface area contributed by atoms with Gasteiger partial charge in [0, 0.05) is 38.9 Å². The van der Waals surface area contributed by atoms with Crippen molar-refractivity contribution < 1.29 is 18.7 Å². The fourth-order valence-corrected chi connectivity index (χ4v) is 2.67. The Bertz CT molecular complexity index is 554. The number of carbonyl (C=O) groups is 1. The number of likely N-dealkylation sites (tertiary alicyclic amines) is 1. The van der Waals surface area contributed by atoms with E-state index in [0.29, 0.717) is 18.0 Å². The quantitative estimate of drug-likeness (QED) is 0.801. The molecule has 0 aromatic heterocycles. The lowest BCUT2D eigenvalue weighted by atomic mass is 10.2. The van der Waals surface area contributed by atoms with Gasteiger partial charge in [0.25, 0.3) is 0 Å². The molecule has 0 spiro atoms. The Morgan fingerprint density at radius 3 is 2.96 bits per heavy atom. The van der Waals surface area contributed by atoms with E-state index < -0.39 is 5.82 Å². The van der Waals surface area contributed by atoms with E-state index in [1.54, 1.807) is 7.11 Å². The van der Waals surface area contributed by atoms with Crippen LogP contribution >= 0.6 is 0 Å². The van der Waals surface area contributed by atoms with Gasteiger partial charge in [-0.15, -0.1) is 0 Å². The number of anilines is 1. The minimum atomic E-state index is -0.423. The van der Waals surface area contributed by atoms with Crippen molar-refractivity contribution in [2.45, 2.75) is 32.4 Å². The van der Waals surface area contributed by atoms with E-state index >= 15 is 0 Å². The lowest BCUT2D eigenvalue weighted by Crippen LogP contribution is -2.40. The maximum absolute atomic E-state index is 13.5. The normalized spacial score (nSPS) is 18.0. The fraction of sp³-hybridized carbons (Fsp3) is 0.588. The van der Waals surface area contributed by atoms with Crippen LogP contribution in [0.25, 0.3) is 0 Å². The van der Waals surface area contributed by atoms with E-state index in [9.17, 15) is 9.18 Å². The zero-order chi connectivity index (χ0) is 17.5. The fourth-order valence-electron chi connectivity index (χ4n) is 2.67. The number of hydrogen-bond donors (Lipinski definition) is 2. The van der Waals surface area contributed by atoms with Crippen molar-refractivity contribution in [3.63, 3.8) is 0 Å². The smallest absolute Gasteiger partial charge is 0.319 e. The number of nitrogens with zero attached hydrogens (tertiary/aromatic N) is 1. The lowest BCUT2D eigenvalue weighted by Gasteiger charge is -2.18. The third-order valence-corrected chi connectivity index (χ3v) is 3.77. The van der Waals surface area contributed by atoms with Crippen LogP contribution in [0.2, 0.25) is 0 Å². The second-order valence-electron chi connectivity index (χ2n) is 6.18. The predicted molar refractivity (Wildman–Crippen MR) is 91.0 cm³/mol. The number of nitrogens with one attached hydrogen (secondary N) is 2. The van der Waals surface area contributed by atoms with Gasteiger partial charge in [-0.3, -0.25) is 4.90 Å². The molecule has 1 heterocycles. The Morgan fingerprint density at radius 2 is 2.25 bits per heavy atom. The highest BCUT2D eigenvalue weighted by molar-refractivity contribution is 5.91. The molecule has 0 radical (unpaired) electrons. The molecule has 134 valence electrons. The topological polar surface area (TPSA) is 62.8 Å². The average molecular weight is 339 g/mol. The number of carbonyl (C=O) groups excluding carboxylic acids is 1. The Hall–Kier alpha value is -1.86. The van der Waals surface area contributed by atoms with Crippen LogP contribution in [0.1, 0.15) is 20.3 Å². The molecular formula is C17H26FN3O3. The molecule has 2 amide bonds. The molecule has 2 N–H and O–H groups in total. The van der Waals surface area contributed by atoms with E-state index in [4.69, 9.17) is 9.47 Å². The van der Waals surface area contributed by atoms with Gasteiger partial charge >= 0.3 is 6.03 Å². The Kier molecular flexibility index (Phi) is 6.81. The summed E-state index contributed by atoms with van der Waals surface area (Å²) in [5.41, 5.74) is 0.329. The third kappa shape index (κ3) is 5.65. The summed E-state index contributed by atoms with van der Waals surface area (Å²) in [7, 11) is 1.68. The highest BCUT2D eigenvalue weighted by Gasteiger charge is 2.23. The van der Waals surface area contributed by atoms with Gasteiger partial charge in [0.1, 0.15) is 11.6 Å². The number of ether oxygens (including phenoxy) is 2. The lowest BCUT2D eigenvalue weighted by molar-refractivity contribution is 0.160. The first-order valence-corrected chi connectivity index (χ1v) is 8.23. The minimum Gasteiger partial charge on any atom is -0.489 e. The number of rotatable bonds is 7. The number of halogens is 1. The molecule has 6 nitrogen and oxygen atoms in total. The zero-order valence-corrected chi connectivity index (χ0v) is 14.5. The van der Waals surface area contributed by atoms with Crippen molar-refractivity contribution in [1.82, 2.24) is 10.2 Å². The van der Waals surface area contributed by atoms with Gasteiger partial charge in [0.2, 0.25) is 0 Å². The van der Waals surface area contributed by atoms with Crippen molar-refractivity contribution in [1.29, 1.82) is 0 Å². The standard InChI is InChI=1S/C17H26FN3O3/c1-12(2)24-16-5-4-13(18)10-15(16)20-17(22)19-14-6-7-21(11-14)8-9-23-3/h4-5,10,12,14H,6-9,11H2,1-3H3,(H2,19,20,22). The van der Waals surface area contributed by atoms with Gasteiger partial charge in [-0.25, -0.2) is 9.18 Å². The monoisotopic (exact) mass is 339 g/mol. The summed E-state index contributed by atoms with van der Waals surface area (Å²) in [4.78, 5) is 14.4. The molecule has 1 aromatic carbocycles. The van der Waals surface area contributed by atoms with Crippen LogP contribution < -0.4 is 15.4 Å². The van der Waals surface area contributed by atoms with Crippen molar-refractivity contribution >= 4 is 11.7 Å². The van der Waals surface area contributed by atoms with Crippen LogP contribution in [0.5, 0.6) is 5.75 Å². The SMILES string of the molecule is COCCN1CCC(NC(=O)Nc2cc(F)ccc2OC(C)C)C1. The van der Waals surface area contributed by atoms with Crippen LogP contribution in [0.4, 0.5) is 14.9 Å². The third-order valence-electron chi connectivity index (χ3n) is 3.77. The maximum Gasteiger partial charge on any atom is 0.319 e. The number of hydrogen-bond acceptors (Lipinski definition) is 4. The molecule has 1 unspecified atom stereocenters. The van der Waals surface area contributed by atoms with Crippen LogP contribution in [-0.4, -0.2) is 56.4 Å². The number of amides is 2. The van der Waals surface area contributed by atoms with Crippen molar-refractivity contribution in [2.75, 3.05) is 38.7 Å². The van der Waals surface area contributed by atoms with Crippen LogP contribution in [-0.2, 0) is 4.74 Å². The highest BCUT2D eigenvalue weighted by Crippen LogP contribution is 2.26. The van der Waals surface area contributed by atoms with Crippen molar-refractivity contribution in [3.8, 4) is 5.75 Å². The summed E-state index contributed by atoms with van der Waals surface area (Å²) >= 11 is 0.